The third-order valence-electron chi connectivity index (χ3n) is 5.39. The zero-order valence-corrected chi connectivity index (χ0v) is 17.3. The lowest BCUT2D eigenvalue weighted by atomic mass is 9.85. The zero-order chi connectivity index (χ0) is 20.1. The molecule has 3 heterocycles. The first-order valence-corrected chi connectivity index (χ1v) is 9.70. The zero-order valence-electron chi connectivity index (χ0n) is 15.8. The highest BCUT2D eigenvalue weighted by Gasteiger charge is 2.46. The van der Waals surface area contributed by atoms with Gasteiger partial charge in [-0.2, -0.15) is 0 Å². The van der Waals surface area contributed by atoms with Gasteiger partial charge in [-0.15, -0.1) is 0 Å². The maximum Gasteiger partial charge on any atom is 0.329 e. The third kappa shape index (κ3) is 3.01. The van der Waals surface area contributed by atoms with Gasteiger partial charge in [0.2, 0.25) is 0 Å². The molecule has 1 saturated heterocycles. The Morgan fingerprint density at radius 1 is 1.32 bits per heavy atom. The molecule has 3 aromatic rings. The molecule has 0 bridgehead atoms. The normalized spacial score (nSPS) is 18.6. The van der Waals surface area contributed by atoms with E-state index in [-0.39, 0.29) is 11.4 Å². The number of fused-ring (bicyclic) bond motifs is 1. The monoisotopic (exact) mass is 418 g/mol. The van der Waals surface area contributed by atoms with E-state index >= 15 is 0 Å². The van der Waals surface area contributed by atoms with Crippen molar-refractivity contribution in [2.24, 2.45) is 5.41 Å². The van der Waals surface area contributed by atoms with E-state index in [1.807, 2.05) is 27.8 Å². The molecule has 6 nitrogen and oxygen atoms in total. The van der Waals surface area contributed by atoms with Crippen molar-refractivity contribution in [2.75, 3.05) is 18.6 Å². The first-order chi connectivity index (χ1) is 13.3. The van der Waals surface area contributed by atoms with Crippen molar-refractivity contribution >= 4 is 45.9 Å². The number of nitrogens with zero attached hydrogens (tertiary/aromatic N) is 4. The number of halogens is 2. The van der Waals surface area contributed by atoms with Gasteiger partial charge in [0.15, 0.2) is 0 Å². The van der Waals surface area contributed by atoms with Crippen molar-refractivity contribution in [3.05, 3.63) is 47.0 Å². The number of carbonyl (C=O) groups is 1. The molecule has 1 aromatic carbocycles. The van der Waals surface area contributed by atoms with E-state index in [0.717, 1.165) is 17.5 Å². The highest BCUT2D eigenvalue weighted by molar-refractivity contribution is 6.45. The Balaban J connectivity index is 1.95. The Morgan fingerprint density at radius 3 is 2.79 bits per heavy atom. The summed E-state index contributed by atoms with van der Waals surface area (Å²) in [6.45, 7) is 4.82. The lowest BCUT2D eigenvalue weighted by molar-refractivity contribution is -0.144. The first-order valence-electron chi connectivity index (χ1n) is 8.95. The number of pyridine rings is 1. The molecule has 0 aliphatic carbocycles. The average Bonchev–Trinajstić information content (AvgIpc) is 3.31. The van der Waals surface area contributed by atoms with Crippen LogP contribution < -0.4 is 4.90 Å². The van der Waals surface area contributed by atoms with Crippen LogP contribution in [0.25, 0.3) is 16.6 Å². The van der Waals surface area contributed by atoms with E-state index in [0.29, 0.717) is 27.9 Å². The number of aromatic nitrogens is 3. The molecule has 2 aromatic heterocycles. The summed E-state index contributed by atoms with van der Waals surface area (Å²) in [5.74, 6) is 0.382. The number of methoxy groups -OCH3 is 1. The summed E-state index contributed by atoms with van der Waals surface area (Å²) in [6.07, 6.45) is 6.12. The smallest absolute Gasteiger partial charge is 0.329 e. The summed E-state index contributed by atoms with van der Waals surface area (Å²) in [4.78, 5) is 23.5. The molecular formula is C20H20Cl2N4O2. The number of esters is 1. The molecule has 1 atom stereocenters. The Labute approximate surface area is 173 Å². The molecule has 1 fully saturated rings. The third-order valence-corrected chi connectivity index (χ3v) is 6.18. The number of imidazole rings is 1. The number of ether oxygens (including phenoxy) is 1. The summed E-state index contributed by atoms with van der Waals surface area (Å²) < 4.78 is 6.98. The molecule has 146 valence electrons. The molecule has 0 spiro atoms. The Kier molecular flexibility index (Phi) is 4.71. The maximum absolute atomic E-state index is 12.6. The molecule has 28 heavy (non-hydrogen) atoms. The molecular weight excluding hydrogens is 399 g/mol. The fraction of sp³-hybridized carbons (Fsp3) is 0.350. The summed E-state index contributed by atoms with van der Waals surface area (Å²) >= 11 is 12.7. The second-order valence-corrected chi connectivity index (χ2v) is 8.37. The largest absolute Gasteiger partial charge is 0.467 e. The lowest BCUT2D eigenvalue weighted by Gasteiger charge is -2.31. The van der Waals surface area contributed by atoms with Crippen LogP contribution in [0.2, 0.25) is 10.0 Å². The van der Waals surface area contributed by atoms with Gasteiger partial charge in [-0.25, -0.2) is 14.8 Å². The number of hydrogen-bond acceptors (Lipinski definition) is 5. The SMILES string of the molecule is COC(=O)C1N(c2cc(-n3ccnc3)c3ccc(Cl)c(Cl)c3n2)CCC1(C)C. The van der Waals surface area contributed by atoms with Crippen LogP contribution in [-0.2, 0) is 9.53 Å². The highest BCUT2D eigenvalue weighted by atomic mass is 35.5. The van der Waals surface area contributed by atoms with Crippen LogP contribution in [0, 0.1) is 5.41 Å². The van der Waals surface area contributed by atoms with Crippen molar-refractivity contribution in [2.45, 2.75) is 26.3 Å². The second kappa shape index (κ2) is 6.94. The summed E-state index contributed by atoms with van der Waals surface area (Å²) in [5, 5.41) is 1.67. The fourth-order valence-corrected chi connectivity index (χ4v) is 4.23. The Hall–Kier alpha value is -2.31. The van der Waals surface area contributed by atoms with Gasteiger partial charge >= 0.3 is 5.97 Å². The van der Waals surface area contributed by atoms with Gasteiger partial charge in [0, 0.05) is 30.4 Å². The number of hydrogen-bond donors (Lipinski definition) is 0. The minimum absolute atomic E-state index is 0.239. The molecule has 1 unspecified atom stereocenters. The van der Waals surface area contributed by atoms with Crippen LogP contribution in [0.1, 0.15) is 20.3 Å². The Morgan fingerprint density at radius 2 is 2.11 bits per heavy atom. The summed E-state index contributed by atoms with van der Waals surface area (Å²) in [6, 6.07) is 5.16. The fourth-order valence-electron chi connectivity index (χ4n) is 3.87. The number of carbonyl (C=O) groups excluding carboxylic acids is 1. The van der Waals surface area contributed by atoms with Crippen molar-refractivity contribution in [1.29, 1.82) is 0 Å². The van der Waals surface area contributed by atoms with Crippen molar-refractivity contribution in [1.82, 2.24) is 14.5 Å². The molecule has 1 aliphatic rings. The van der Waals surface area contributed by atoms with E-state index in [4.69, 9.17) is 32.9 Å². The second-order valence-electron chi connectivity index (χ2n) is 7.58. The highest BCUT2D eigenvalue weighted by Crippen LogP contribution is 2.41. The average molecular weight is 419 g/mol. The van der Waals surface area contributed by atoms with Crippen LogP contribution in [-0.4, -0.2) is 40.2 Å². The molecule has 0 saturated carbocycles. The summed E-state index contributed by atoms with van der Waals surface area (Å²) in [7, 11) is 1.41. The summed E-state index contributed by atoms with van der Waals surface area (Å²) in [5.41, 5.74) is 1.21. The van der Waals surface area contributed by atoms with E-state index in [1.54, 1.807) is 18.6 Å². The number of rotatable bonds is 3. The van der Waals surface area contributed by atoms with Gasteiger partial charge in [-0.1, -0.05) is 37.0 Å². The lowest BCUT2D eigenvalue weighted by Crippen LogP contribution is -2.44. The number of anilines is 1. The first kappa shape index (κ1) is 19.0. The Bertz CT molecular complexity index is 1050. The van der Waals surface area contributed by atoms with Crippen LogP contribution in [0.3, 0.4) is 0 Å². The van der Waals surface area contributed by atoms with E-state index in [9.17, 15) is 4.79 Å². The van der Waals surface area contributed by atoms with E-state index in [1.165, 1.54) is 7.11 Å². The van der Waals surface area contributed by atoms with Gasteiger partial charge in [0.25, 0.3) is 0 Å². The van der Waals surface area contributed by atoms with Gasteiger partial charge in [0.05, 0.1) is 34.7 Å². The van der Waals surface area contributed by atoms with Gasteiger partial charge in [-0.05, 0) is 24.0 Å². The van der Waals surface area contributed by atoms with Crippen LogP contribution in [0.15, 0.2) is 36.9 Å². The standard InChI is InChI=1S/C20H20Cl2N4O2/c1-20(2)6-8-26(18(20)19(27)28-3)15-10-14(25-9-7-23-11-25)12-4-5-13(21)16(22)17(12)24-15/h4-5,7,9-11,18H,6,8H2,1-3H3. The predicted octanol–water partition coefficient (Wildman–Crippen LogP) is 4.51. The topological polar surface area (TPSA) is 60.2 Å². The van der Waals surface area contributed by atoms with Gasteiger partial charge in [0.1, 0.15) is 11.9 Å². The molecule has 0 amide bonds. The molecule has 8 heteroatoms. The number of benzene rings is 1. The molecule has 1 aliphatic heterocycles. The van der Waals surface area contributed by atoms with Gasteiger partial charge in [-0.3, -0.25) is 0 Å². The van der Waals surface area contributed by atoms with Crippen molar-refractivity contribution < 1.29 is 9.53 Å². The minimum atomic E-state index is -0.434. The molecule has 4 rings (SSSR count). The van der Waals surface area contributed by atoms with Crippen molar-refractivity contribution in [3.8, 4) is 5.69 Å². The van der Waals surface area contributed by atoms with Crippen LogP contribution >= 0.6 is 23.2 Å². The van der Waals surface area contributed by atoms with Gasteiger partial charge < -0.3 is 14.2 Å². The molecule has 0 N–H and O–H groups in total. The maximum atomic E-state index is 12.6. The van der Waals surface area contributed by atoms with E-state index < -0.39 is 6.04 Å². The van der Waals surface area contributed by atoms with Crippen molar-refractivity contribution in [3.63, 3.8) is 0 Å². The quantitative estimate of drug-likeness (QED) is 0.585. The molecule has 0 radical (unpaired) electrons. The van der Waals surface area contributed by atoms with Crippen LogP contribution in [0.4, 0.5) is 5.82 Å². The predicted molar refractivity (Wildman–Crippen MR) is 110 cm³/mol. The van der Waals surface area contributed by atoms with Crippen LogP contribution in [0.5, 0.6) is 0 Å². The van der Waals surface area contributed by atoms with E-state index in [2.05, 4.69) is 18.8 Å². The minimum Gasteiger partial charge on any atom is -0.467 e.